The van der Waals surface area contributed by atoms with E-state index in [-0.39, 0.29) is 5.69 Å². The van der Waals surface area contributed by atoms with Crippen molar-refractivity contribution in [2.24, 2.45) is 0 Å². The third-order valence-corrected chi connectivity index (χ3v) is 7.63. The van der Waals surface area contributed by atoms with Crippen molar-refractivity contribution in [2.75, 3.05) is 10.5 Å². The average molecular weight is 484 g/mol. The van der Waals surface area contributed by atoms with Gasteiger partial charge in [0.1, 0.15) is 29.4 Å². The lowest BCUT2D eigenvalue weighted by molar-refractivity contribution is 0.521. The van der Waals surface area contributed by atoms with Gasteiger partial charge in [-0.2, -0.15) is 0 Å². The molecule has 2 heterocycles. The van der Waals surface area contributed by atoms with Crippen LogP contribution in [0.2, 0.25) is 0 Å². The van der Waals surface area contributed by atoms with Crippen molar-refractivity contribution in [2.45, 2.75) is 43.0 Å². The quantitative estimate of drug-likeness (QED) is 0.410. The van der Waals surface area contributed by atoms with Crippen molar-refractivity contribution in [3.05, 3.63) is 77.8 Å². The SMILES string of the molecule is Nc1ncnc2c1c(Cc1cccc(NS(=O)(=O)c3c(F)cccc3F)c1)cn2C1CCCC1. The average Bonchev–Trinajstić information content (AvgIpc) is 3.42. The van der Waals surface area contributed by atoms with Gasteiger partial charge < -0.3 is 10.3 Å². The van der Waals surface area contributed by atoms with Crippen LogP contribution in [0.4, 0.5) is 20.3 Å². The molecule has 1 saturated carbocycles. The van der Waals surface area contributed by atoms with Crippen LogP contribution in [0, 0.1) is 11.6 Å². The number of aromatic nitrogens is 3. The summed E-state index contributed by atoms with van der Waals surface area (Å²) in [6.45, 7) is 0. The fourth-order valence-corrected chi connectivity index (χ4v) is 5.88. The summed E-state index contributed by atoms with van der Waals surface area (Å²) >= 11 is 0. The molecule has 176 valence electrons. The van der Waals surface area contributed by atoms with E-state index in [9.17, 15) is 17.2 Å². The first-order valence-corrected chi connectivity index (χ1v) is 12.5. The van der Waals surface area contributed by atoms with Gasteiger partial charge in [0.25, 0.3) is 10.0 Å². The number of nitrogens with one attached hydrogen (secondary N) is 1. The van der Waals surface area contributed by atoms with E-state index in [0.29, 0.717) is 18.3 Å². The number of benzene rings is 2. The number of nitrogens with zero attached hydrogens (tertiary/aromatic N) is 3. The maximum absolute atomic E-state index is 14.0. The van der Waals surface area contributed by atoms with Gasteiger partial charge in [-0.1, -0.05) is 31.0 Å². The summed E-state index contributed by atoms with van der Waals surface area (Å²) in [6.07, 6.45) is 8.48. The number of fused-ring (bicyclic) bond motifs is 1. The molecule has 5 rings (SSSR count). The Morgan fingerprint density at radius 2 is 1.76 bits per heavy atom. The predicted molar refractivity (Wildman–Crippen MR) is 126 cm³/mol. The maximum atomic E-state index is 14.0. The molecule has 1 fully saturated rings. The number of sulfonamides is 1. The fraction of sp³-hybridized carbons (Fsp3) is 0.250. The molecule has 34 heavy (non-hydrogen) atoms. The van der Waals surface area contributed by atoms with E-state index < -0.39 is 26.6 Å². The van der Waals surface area contributed by atoms with Crippen molar-refractivity contribution in [3.8, 4) is 0 Å². The first kappa shape index (κ1) is 22.3. The van der Waals surface area contributed by atoms with E-state index in [0.717, 1.165) is 53.2 Å². The minimum absolute atomic E-state index is 0.198. The molecule has 2 aromatic carbocycles. The molecule has 7 nitrogen and oxygen atoms in total. The van der Waals surface area contributed by atoms with Crippen LogP contribution in [-0.4, -0.2) is 23.0 Å². The fourth-order valence-electron chi connectivity index (χ4n) is 4.69. The number of hydrogen-bond acceptors (Lipinski definition) is 5. The van der Waals surface area contributed by atoms with Crippen LogP contribution < -0.4 is 10.5 Å². The van der Waals surface area contributed by atoms with Crippen LogP contribution in [0.5, 0.6) is 0 Å². The highest BCUT2D eigenvalue weighted by molar-refractivity contribution is 7.92. The topological polar surface area (TPSA) is 103 Å². The first-order chi connectivity index (χ1) is 16.3. The molecule has 0 bridgehead atoms. The Morgan fingerprint density at radius 1 is 1.06 bits per heavy atom. The molecule has 0 unspecified atom stereocenters. The van der Waals surface area contributed by atoms with Crippen molar-refractivity contribution < 1.29 is 17.2 Å². The van der Waals surface area contributed by atoms with Crippen molar-refractivity contribution in [1.82, 2.24) is 14.5 Å². The largest absolute Gasteiger partial charge is 0.383 e. The molecule has 0 amide bonds. The molecule has 1 aliphatic carbocycles. The van der Waals surface area contributed by atoms with E-state index in [1.807, 2.05) is 6.07 Å². The molecule has 10 heteroatoms. The molecule has 4 aromatic rings. The number of anilines is 2. The lowest BCUT2D eigenvalue weighted by atomic mass is 10.0. The minimum atomic E-state index is -4.46. The van der Waals surface area contributed by atoms with Crippen LogP contribution in [0.3, 0.4) is 0 Å². The van der Waals surface area contributed by atoms with E-state index in [1.165, 1.54) is 25.2 Å². The molecule has 0 spiro atoms. The summed E-state index contributed by atoms with van der Waals surface area (Å²) in [6, 6.07) is 9.97. The summed E-state index contributed by atoms with van der Waals surface area (Å²) in [5, 5.41) is 0.786. The normalized spacial score (nSPS) is 14.6. The predicted octanol–water partition coefficient (Wildman–Crippen LogP) is 4.80. The molecule has 0 atom stereocenters. The number of nitrogen functional groups attached to an aromatic ring is 1. The highest BCUT2D eigenvalue weighted by Crippen LogP contribution is 2.35. The first-order valence-electron chi connectivity index (χ1n) is 11.0. The summed E-state index contributed by atoms with van der Waals surface area (Å²) in [5.74, 6) is -1.92. The van der Waals surface area contributed by atoms with Gasteiger partial charge in [0.2, 0.25) is 0 Å². The van der Waals surface area contributed by atoms with Crippen LogP contribution in [0.1, 0.15) is 42.9 Å². The standard InChI is InChI=1S/C24H23F2N5O2S/c25-19-9-4-10-20(26)22(19)34(32,33)30-17-6-3-5-15(12-17)11-16-13-31(18-7-1-2-8-18)24-21(16)23(27)28-14-29-24/h3-6,9-10,12-14,18,30H,1-2,7-8,11H2,(H2,27,28,29). The summed E-state index contributed by atoms with van der Waals surface area (Å²) < 4.78 is 57.9. The van der Waals surface area contributed by atoms with Gasteiger partial charge in [0.15, 0.2) is 4.90 Å². The Labute approximate surface area is 195 Å². The van der Waals surface area contributed by atoms with Gasteiger partial charge in [-0.3, -0.25) is 4.72 Å². The number of rotatable bonds is 6. The van der Waals surface area contributed by atoms with Crippen LogP contribution in [0.15, 0.2) is 59.9 Å². The Hall–Kier alpha value is -3.53. The van der Waals surface area contributed by atoms with Gasteiger partial charge in [-0.15, -0.1) is 0 Å². The van der Waals surface area contributed by atoms with E-state index in [2.05, 4.69) is 25.5 Å². The molecule has 0 aliphatic heterocycles. The van der Waals surface area contributed by atoms with Crippen molar-refractivity contribution >= 4 is 32.6 Å². The van der Waals surface area contributed by atoms with E-state index in [1.54, 1.807) is 12.1 Å². The molecular formula is C24H23F2N5O2S. The van der Waals surface area contributed by atoms with Crippen molar-refractivity contribution in [3.63, 3.8) is 0 Å². The van der Waals surface area contributed by atoms with Crippen LogP contribution >= 0.6 is 0 Å². The second-order valence-electron chi connectivity index (χ2n) is 8.49. The second kappa shape index (κ2) is 8.68. The maximum Gasteiger partial charge on any atom is 0.267 e. The lowest BCUT2D eigenvalue weighted by Crippen LogP contribution is -2.16. The highest BCUT2D eigenvalue weighted by atomic mass is 32.2. The molecule has 0 saturated heterocycles. The summed E-state index contributed by atoms with van der Waals surface area (Å²) in [5.41, 5.74) is 8.92. The number of halogens is 2. The monoisotopic (exact) mass is 483 g/mol. The zero-order valence-corrected chi connectivity index (χ0v) is 19.0. The van der Waals surface area contributed by atoms with Crippen molar-refractivity contribution in [1.29, 1.82) is 0 Å². The molecular weight excluding hydrogens is 460 g/mol. The molecule has 1 aliphatic rings. The Morgan fingerprint density at radius 3 is 2.50 bits per heavy atom. The minimum Gasteiger partial charge on any atom is -0.383 e. The lowest BCUT2D eigenvalue weighted by Gasteiger charge is -2.12. The van der Waals surface area contributed by atoms with Crippen LogP contribution in [0.25, 0.3) is 11.0 Å². The van der Waals surface area contributed by atoms with Gasteiger partial charge in [0, 0.05) is 17.9 Å². The summed E-state index contributed by atoms with van der Waals surface area (Å²) in [7, 11) is -4.46. The molecule has 3 N–H and O–H groups in total. The number of hydrogen-bond donors (Lipinski definition) is 2. The number of nitrogens with two attached hydrogens (primary N) is 1. The Kier molecular flexibility index (Phi) is 5.68. The third kappa shape index (κ3) is 4.09. The molecule has 2 aromatic heterocycles. The smallest absolute Gasteiger partial charge is 0.267 e. The summed E-state index contributed by atoms with van der Waals surface area (Å²) in [4.78, 5) is 7.62. The van der Waals surface area contributed by atoms with Gasteiger partial charge in [-0.25, -0.2) is 27.2 Å². The molecule has 0 radical (unpaired) electrons. The van der Waals surface area contributed by atoms with E-state index >= 15 is 0 Å². The zero-order chi connectivity index (χ0) is 23.9. The van der Waals surface area contributed by atoms with Crippen LogP contribution in [-0.2, 0) is 16.4 Å². The van der Waals surface area contributed by atoms with Gasteiger partial charge >= 0.3 is 0 Å². The van der Waals surface area contributed by atoms with Gasteiger partial charge in [0.05, 0.1) is 5.39 Å². The highest BCUT2D eigenvalue weighted by Gasteiger charge is 2.25. The van der Waals surface area contributed by atoms with Gasteiger partial charge in [-0.05, 0) is 54.7 Å². The van der Waals surface area contributed by atoms with E-state index in [4.69, 9.17) is 5.73 Å². The Bertz CT molecular complexity index is 1460. The third-order valence-electron chi connectivity index (χ3n) is 6.20. The zero-order valence-electron chi connectivity index (χ0n) is 18.2. The second-order valence-corrected chi connectivity index (χ2v) is 10.1. The Balaban J connectivity index is 1.47.